The molecule has 1 atom stereocenters. The Kier molecular flexibility index (Phi) is 3.87. The third-order valence-electron chi connectivity index (χ3n) is 4.84. The molecule has 7 nitrogen and oxygen atoms in total. The molecule has 3 heterocycles. The number of hydrogen-bond acceptors (Lipinski definition) is 5. The van der Waals surface area contributed by atoms with E-state index in [0.717, 1.165) is 10.9 Å². The zero-order valence-corrected chi connectivity index (χ0v) is 15.4. The zero-order valence-electron chi connectivity index (χ0n) is 14.5. The first-order valence-electron chi connectivity index (χ1n) is 8.34. The molecule has 26 heavy (non-hydrogen) atoms. The number of fused-ring (bicyclic) bond motifs is 1. The molecule has 0 unspecified atom stereocenters. The van der Waals surface area contributed by atoms with Gasteiger partial charge in [-0.2, -0.15) is 5.10 Å². The van der Waals surface area contributed by atoms with Gasteiger partial charge in [0.05, 0.1) is 23.7 Å². The number of aromatic nitrogens is 2. The first kappa shape index (κ1) is 16.8. The maximum absolute atomic E-state index is 13.2. The number of amides is 1. The Labute approximate surface area is 151 Å². The molecule has 1 aliphatic rings. The van der Waals surface area contributed by atoms with E-state index < -0.39 is 15.9 Å². The number of carbonyl (C=O) groups excluding carboxylic acids is 1. The second kappa shape index (κ2) is 5.98. The topological polar surface area (TPSA) is 85.4 Å². The van der Waals surface area contributed by atoms with Crippen molar-refractivity contribution in [3.8, 4) is 0 Å². The van der Waals surface area contributed by atoms with Crippen LogP contribution in [0.5, 0.6) is 0 Å². The lowest BCUT2D eigenvalue weighted by atomic mass is 10.1. The summed E-state index contributed by atoms with van der Waals surface area (Å²) in [4.78, 5) is 14.8. The highest BCUT2D eigenvalue weighted by molar-refractivity contribution is 7.91. The summed E-state index contributed by atoms with van der Waals surface area (Å²) in [5, 5.41) is 5.01. The number of rotatable bonds is 2. The van der Waals surface area contributed by atoms with E-state index in [1.165, 1.54) is 0 Å². The summed E-state index contributed by atoms with van der Waals surface area (Å²) in [6.07, 6.45) is 3.36. The summed E-state index contributed by atoms with van der Waals surface area (Å²) in [5.74, 6) is -0.180. The number of para-hydroxylation sites is 1. The maximum Gasteiger partial charge on any atom is 0.290 e. The summed E-state index contributed by atoms with van der Waals surface area (Å²) in [7, 11) is -1.46. The van der Waals surface area contributed by atoms with Gasteiger partial charge in [-0.3, -0.25) is 9.48 Å². The van der Waals surface area contributed by atoms with Gasteiger partial charge in [0.1, 0.15) is 5.58 Å². The van der Waals surface area contributed by atoms with E-state index in [9.17, 15) is 13.2 Å². The molecule has 1 saturated heterocycles. The third kappa shape index (κ3) is 2.80. The Balaban J connectivity index is 1.76. The van der Waals surface area contributed by atoms with Crippen molar-refractivity contribution < 1.29 is 17.6 Å². The van der Waals surface area contributed by atoms with Crippen LogP contribution in [0, 0.1) is 6.92 Å². The van der Waals surface area contributed by atoms with Gasteiger partial charge in [0, 0.05) is 36.3 Å². The minimum absolute atomic E-state index is 0.0468. The molecule has 0 aliphatic carbocycles. The largest absolute Gasteiger partial charge is 0.451 e. The minimum Gasteiger partial charge on any atom is -0.451 e. The van der Waals surface area contributed by atoms with Gasteiger partial charge in [-0.15, -0.1) is 0 Å². The standard InChI is InChI=1S/C18H19N3O4S/c1-12-14-5-3-4-6-16(14)25-17(12)18(22)21-7-8-26(23,24)11-15(21)13-9-19-20(2)10-13/h3-6,9-10,15H,7-8,11H2,1-2H3/t15-/m1/s1. The molecular weight excluding hydrogens is 354 g/mol. The van der Waals surface area contributed by atoms with Crippen molar-refractivity contribution in [3.05, 3.63) is 53.5 Å². The van der Waals surface area contributed by atoms with Gasteiger partial charge >= 0.3 is 0 Å². The third-order valence-corrected chi connectivity index (χ3v) is 6.47. The quantitative estimate of drug-likeness (QED) is 0.687. The van der Waals surface area contributed by atoms with Crippen LogP contribution >= 0.6 is 0 Å². The fraction of sp³-hybridized carbons (Fsp3) is 0.333. The number of sulfone groups is 1. The second-order valence-corrected chi connectivity index (χ2v) is 8.86. The SMILES string of the molecule is Cc1c(C(=O)N2CCS(=O)(=O)C[C@@H]2c2cnn(C)c2)oc2ccccc12. The van der Waals surface area contributed by atoms with E-state index in [1.807, 2.05) is 31.2 Å². The predicted octanol–water partition coefficient (Wildman–Crippen LogP) is 2.09. The molecule has 3 aromatic rings. The number of benzene rings is 1. The van der Waals surface area contributed by atoms with Crippen LogP contribution < -0.4 is 0 Å². The molecule has 0 bridgehead atoms. The first-order valence-corrected chi connectivity index (χ1v) is 10.2. The van der Waals surface area contributed by atoms with E-state index in [1.54, 1.807) is 29.0 Å². The number of nitrogens with zero attached hydrogens (tertiary/aromatic N) is 3. The van der Waals surface area contributed by atoms with Gasteiger partial charge in [0.25, 0.3) is 5.91 Å². The molecule has 8 heteroatoms. The summed E-state index contributed by atoms with van der Waals surface area (Å²) >= 11 is 0. The smallest absolute Gasteiger partial charge is 0.290 e. The Hall–Kier alpha value is -2.61. The molecule has 0 saturated carbocycles. The second-order valence-electron chi connectivity index (χ2n) is 6.63. The van der Waals surface area contributed by atoms with Gasteiger partial charge in [-0.05, 0) is 13.0 Å². The normalized spacial score (nSPS) is 19.8. The Morgan fingerprint density at radius 2 is 2.08 bits per heavy atom. The summed E-state index contributed by atoms with van der Waals surface area (Å²) in [6.45, 7) is 1.98. The lowest BCUT2D eigenvalue weighted by Gasteiger charge is -2.34. The molecule has 1 fully saturated rings. The molecule has 2 aromatic heterocycles. The van der Waals surface area contributed by atoms with Crippen LogP contribution in [-0.2, 0) is 16.9 Å². The molecule has 0 spiro atoms. The fourth-order valence-corrected chi connectivity index (χ4v) is 4.94. The predicted molar refractivity (Wildman–Crippen MR) is 96.6 cm³/mol. The van der Waals surface area contributed by atoms with Crippen LogP contribution in [0.1, 0.15) is 27.7 Å². The van der Waals surface area contributed by atoms with Crippen molar-refractivity contribution in [1.82, 2.24) is 14.7 Å². The highest BCUT2D eigenvalue weighted by Crippen LogP contribution is 2.31. The number of hydrogen-bond donors (Lipinski definition) is 0. The van der Waals surface area contributed by atoms with E-state index in [0.29, 0.717) is 11.1 Å². The number of carbonyl (C=O) groups is 1. The molecular formula is C18H19N3O4S. The highest BCUT2D eigenvalue weighted by atomic mass is 32.2. The van der Waals surface area contributed by atoms with Gasteiger partial charge in [-0.25, -0.2) is 8.42 Å². The lowest BCUT2D eigenvalue weighted by Crippen LogP contribution is -2.46. The monoisotopic (exact) mass is 373 g/mol. The average molecular weight is 373 g/mol. The van der Waals surface area contributed by atoms with Crippen LogP contribution in [-0.4, -0.2) is 47.1 Å². The molecule has 1 aromatic carbocycles. The van der Waals surface area contributed by atoms with Gasteiger partial charge < -0.3 is 9.32 Å². The van der Waals surface area contributed by atoms with E-state index >= 15 is 0 Å². The fourth-order valence-electron chi connectivity index (χ4n) is 3.45. The first-order chi connectivity index (χ1) is 12.4. The summed E-state index contributed by atoms with van der Waals surface area (Å²) < 4.78 is 31.7. The molecule has 136 valence electrons. The van der Waals surface area contributed by atoms with Gasteiger partial charge in [0.2, 0.25) is 0 Å². The minimum atomic E-state index is -3.22. The van der Waals surface area contributed by atoms with Gasteiger partial charge in [-0.1, -0.05) is 18.2 Å². The van der Waals surface area contributed by atoms with Crippen LogP contribution in [0.25, 0.3) is 11.0 Å². The Morgan fingerprint density at radius 3 is 2.77 bits per heavy atom. The summed E-state index contributed by atoms with van der Waals surface area (Å²) in [6, 6.07) is 6.90. The van der Waals surface area contributed by atoms with Crippen LogP contribution in [0.2, 0.25) is 0 Å². The molecule has 4 rings (SSSR count). The van der Waals surface area contributed by atoms with Crippen molar-refractivity contribution in [1.29, 1.82) is 0 Å². The Bertz CT molecular complexity index is 1100. The Morgan fingerprint density at radius 1 is 1.31 bits per heavy atom. The molecule has 0 radical (unpaired) electrons. The van der Waals surface area contributed by atoms with Crippen molar-refractivity contribution in [2.75, 3.05) is 18.1 Å². The number of aryl methyl sites for hydroxylation is 2. The number of furan rings is 1. The zero-order chi connectivity index (χ0) is 18.5. The van der Waals surface area contributed by atoms with Gasteiger partial charge in [0.15, 0.2) is 15.6 Å². The van der Waals surface area contributed by atoms with E-state index in [2.05, 4.69) is 5.10 Å². The lowest BCUT2D eigenvalue weighted by molar-refractivity contribution is 0.0666. The van der Waals surface area contributed by atoms with Crippen molar-refractivity contribution in [3.63, 3.8) is 0 Å². The van der Waals surface area contributed by atoms with Crippen molar-refractivity contribution >= 4 is 26.7 Å². The van der Waals surface area contributed by atoms with E-state index in [-0.39, 0.29) is 29.7 Å². The van der Waals surface area contributed by atoms with Crippen LogP contribution in [0.4, 0.5) is 0 Å². The van der Waals surface area contributed by atoms with Crippen molar-refractivity contribution in [2.45, 2.75) is 13.0 Å². The molecule has 1 aliphatic heterocycles. The van der Waals surface area contributed by atoms with Crippen molar-refractivity contribution in [2.24, 2.45) is 7.05 Å². The molecule has 1 amide bonds. The maximum atomic E-state index is 13.2. The van der Waals surface area contributed by atoms with Crippen LogP contribution in [0.15, 0.2) is 41.1 Å². The molecule has 0 N–H and O–H groups in total. The average Bonchev–Trinajstić information content (AvgIpc) is 3.18. The summed E-state index contributed by atoms with van der Waals surface area (Å²) in [5.41, 5.74) is 2.12. The van der Waals surface area contributed by atoms with E-state index in [4.69, 9.17) is 4.42 Å². The van der Waals surface area contributed by atoms with Crippen LogP contribution in [0.3, 0.4) is 0 Å². The highest BCUT2D eigenvalue weighted by Gasteiger charge is 2.37.